The Balaban J connectivity index is 1.61. The molecule has 0 amide bonds. The molecule has 1 aliphatic rings. The molecule has 3 rings (SSSR count). The molecule has 0 radical (unpaired) electrons. The van der Waals surface area contributed by atoms with Crippen LogP contribution in [0.2, 0.25) is 0 Å². The SMILES string of the molecule is COc1cc(NC2CCN(c3cc(F)cc(C#N)c3)CC2)ncn1. The third-order valence-electron chi connectivity index (χ3n) is 4.07. The van der Waals surface area contributed by atoms with Crippen molar-refractivity contribution in [1.29, 1.82) is 5.26 Å². The molecule has 1 fully saturated rings. The van der Waals surface area contributed by atoms with Gasteiger partial charge in [-0.3, -0.25) is 0 Å². The Morgan fingerprint density at radius 1 is 1.25 bits per heavy atom. The van der Waals surface area contributed by atoms with Gasteiger partial charge in [0.1, 0.15) is 18.0 Å². The number of piperidine rings is 1. The first-order chi connectivity index (χ1) is 11.7. The predicted octanol–water partition coefficient (Wildman–Crippen LogP) is 2.58. The van der Waals surface area contributed by atoms with Crippen molar-refractivity contribution in [2.24, 2.45) is 0 Å². The Kier molecular flexibility index (Phi) is 4.75. The molecule has 124 valence electrons. The van der Waals surface area contributed by atoms with Crippen molar-refractivity contribution in [1.82, 2.24) is 9.97 Å². The van der Waals surface area contributed by atoms with Gasteiger partial charge in [0.15, 0.2) is 0 Å². The molecule has 0 atom stereocenters. The molecule has 2 aromatic rings. The Hall–Kier alpha value is -2.88. The topological polar surface area (TPSA) is 74.1 Å². The number of methoxy groups -OCH3 is 1. The average Bonchev–Trinajstić information content (AvgIpc) is 2.62. The lowest BCUT2D eigenvalue weighted by atomic mass is 10.0. The first-order valence-electron chi connectivity index (χ1n) is 7.76. The third-order valence-corrected chi connectivity index (χ3v) is 4.07. The van der Waals surface area contributed by atoms with Gasteiger partial charge in [0.05, 0.1) is 18.7 Å². The van der Waals surface area contributed by atoms with Crippen molar-refractivity contribution in [3.8, 4) is 11.9 Å². The number of nitriles is 1. The first-order valence-corrected chi connectivity index (χ1v) is 7.76. The highest BCUT2D eigenvalue weighted by molar-refractivity contribution is 5.52. The number of hydrogen-bond acceptors (Lipinski definition) is 6. The summed E-state index contributed by atoms with van der Waals surface area (Å²) in [5.41, 5.74) is 1.10. The highest BCUT2D eigenvalue weighted by Crippen LogP contribution is 2.24. The standard InChI is InChI=1S/C17H18FN5O/c1-24-17-9-16(20-11-21-17)22-14-2-4-23(5-3-14)15-7-12(10-19)6-13(18)8-15/h6-9,11,14H,2-5H2,1H3,(H,20,21,22). The van der Waals surface area contributed by atoms with Crippen LogP contribution in [0.15, 0.2) is 30.6 Å². The number of nitrogens with one attached hydrogen (secondary N) is 1. The van der Waals surface area contributed by atoms with Crippen LogP contribution in [0.1, 0.15) is 18.4 Å². The minimum absolute atomic E-state index is 0.282. The molecule has 24 heavy (non-hydrogen) atoms. The second-order valence-corrected chi connectivity index (χ2v) is 5.66. The summed E-state index contributed by atoms with van der Waals surface area (Å²) in [6.07, 6.45) is 3.25. The predicted molar refractivity (Wildman–Crippen MR) is 88.6 cm³/mol. The monoisotopic (exact) mass is 327 g/mol. The molecule has 0 saturated carbocycles. The van der Waals surface area contributed by atoms with Crippen LogP contribution in [0.4, 0.5) is 15.9 Å². The van der Waals surface area contributed by atoms with Gasteiger partial charge in [-0.25, -0.2) is 14.4 Å². The molecular formula is C17H18FN5O. The molecule has 7 heteroatoms. The minimum Gasteiger partial charge on any atom is -0.481 e. The molecule has 0 bridgehead atoms. The number of aromatic nitrogens is 2. The Morgan fingerprint density at radius 2 is 2.04 bits per heavy atom. The molecule has 2 heterocycles. The summed E-state index contributed by atoms with van der Waals surface area (Å²) >= 11 is 0. The van der Waals surface area contributed by atoms with Crippen molar-refractivity contribution in [3.05, 3.63) is 42.0 Å². The normalized spacial score (nSPS) is 15.0. The summed E-state index contributed by atoms with van der Waals surface area (Å²) in [4.78, 5) is 10.3. The van der Waals surface area contributed by atoms with E-state index in [9.17, 15) is 4.39 Å². The Bertz CT molecular complexity index is 753. The third kappa shape index (κ3) is 3.71. The van der Waals surface area contributed by atoms with Gasteiger partial charge in [0.2, 0.25) is 5.88 Å². The van der Waals surface area contributed by atoms with Crippen LogP contribution in [-0.4, -0.2) is 36.2 Å². The van der Waals surface area contributed by atoms with Gasteiger partial charge in [-0.1, -0.05) is 0 Å². The molecule has 1 aromatic heterocycles. The van der Waals surface area contributed by atoms with E-state index in [2.05, 4.69) is 20.2 Å². The molecular weight excluding hydrogens is 309 g/mol. The summed E-state index contributed by atoms with van der Waals surface area (Å²) in [6, 6.07) is 8.49. The van der Waals surface area contributed by atoms with E-state index >= 15 is 0 Å². The number of rotatable bonds is 4. The Morgan fingerprint density at radius 3 is 2.75 bits per heavy atom. The van der Waals surface area contributed by atoms with E-state index in [1.165, 1.54) is 18.5 Å². The maximum absolute atomic E-state index is 13.6. The van der Waals surface area contributed by atoms with Crippen LogP contribution in [-0.2, 0) is 0 Å². The summed E-state index contributed by atoms with van der Waals surface area (Å²) in [6.45, 7) is 1.57. The van der Waals surface area contributed by atoms with Crippen molar-refractivity contribution < 1.29 is 9.13 Å². The highest BCUT2D eigenvalue weighted by Gasteiger charge is 2.20. The fourth-order valence-electron chi connectivity index (χ4n) is 2.84. The summed E-state index contributed by atoms with van der Waals surface area (Å²) in [7, 11) is 1.57. The molecule has 1 saturated heterocycles. The fourth-order valence-corrected chi connectivity index (χ4v) is 2.84. The molecule has 0 spiro atoms. The smallest absolute Gasteiger partial charge is 0.218 e. The van der Waals surface area contributed by atoms with Crippen LogP contribution >= 0.6 is 0 Å². The number of hydrogen-bond donors (Lipinski definition) is 1. The first kappa shape index (κ1) is 16.0. The highest BCUT2D eigenvalue weighted by atomic mass is 19.1. The van der Waals surface area contributed by atoms with Crippen LogP contribution in [0.5, 0.6) is 5.88 Å². The number of ether oxygens (including phenoxy) is 1. The number of nitrogens with zero attached hydrogens (tertiary/aromatic N) is 4. The number of benzene rings is 1. The van der Waals surface area contributed by atoms with E-state index in [1.807, 2.05) is 6.07 Å². The van der Waals surface area contributed by atoms with Crippen LogP contribution in [0.3, 0.4) is 0 Å². The van der Waals surface area contributed by atoms with Gasteiger partial charge in [0, 0.05) is 30.9 Å². The lowest BCUT2D eigenvalue weighted by Crippen LogP contribution is -2.39. The molecule has 0 unspecified atom stereocenters. The van der Waals surface area contributed by atoms with Crippen LogP contribution in [0.25, 0.3) is 0 Å². The zero-order valence-corrected chi connectivity index (χ0v) is 13.4. The Labute approximate surface area is 139 Å². The lowest BCUT2D eigenvalue weighted by molar-refractivity contribution is 0.397. The van der Waals surface area contributed by atoms with Crippen LogP contribution in [0, 0.1) is 17.1 Å². The second kappa shape index (κ2) is 7.13. The van der Waals surface area contributed by atoms with E-state index in [0.29, 0.717) is 11.4 Å². The van der Waals surface area contributed by atoms with E-state index in [0.717, 1.165) is 37.4 Å². The zero-order chi connectivity index (χ0) is 16.9. The second-order valence-electron chi connectivity index (χ2n) is 5.66. The molecule has 1 N–H and O–H groups in total. The molecule has 1 aliphatic heterocycles. The van der Waals surface area contributed by atoms with E-state index < -0.39 is 0 Å². The van der Waals surface area contributed by atoms with Gasteiger partial charge in [-0.05, 0) is 31.0 Å². The van der Waals surface area contributed by atoms with Crippen molar-refractivity contribution >= 4 is 11.5 Å². The maximum Gasteiger partial charge on any atom is 0.218 e. The maximum atomic E-state index is 13.6. The van der Waals surface area contributed by atoms with E-state index in [-0.39, 0.29) is 11.9 Å². The average molecular weight is 327 g/mol. The van der Waals surface area contributed by atoms with Crippen molar-refractivity contribution in [2.45, 2.75) is 18.9 Å². The molecule has 0 aliphatic carbocycles. The lowest BCUT2D eigenvalue weighted by Gasteiger charge is -2.34. The quantitative estimate of drug-likeness (QED) is 0.930. The largest absolute Gasteiger partial charge is 0.481 e. The summed E-state index contributed by atoms with van der Waals surface area (Å²) in [5, 5.41) is 12.3. The van der Waals surface area contributed by atoms with Crippen LogP contribution < -0.4 is 15.0 Å². The molecule has 1 aromatic carbocycles. The number of anilines is 2. The van der Waals surface area contributed by atoms with Gasteiger partial charge in [-0.15, -0.1) is 0 Å². The molecule has 6 nitrogen and oxygen atoms in total. The van der Waals surface area contributed by atoms with Gasteiger partial charge >= 0.3 is 0 Å². The minimum atomic E-state index is -0.377. The number of halogens is 1. The van der Waals surface area contributed by atoms with Gasteiger partial charge in [0.25, 0.3) is 0 Å². The van der Waals surface area contributed by atoms with Gasteiger partial charge < -0.3 is 15.0 Å². The summed E-state index contributed by atoms with van der Waals surface area (Å²) < 4.78 is 18.7. The van der Waals surface area contributed by atoms with Crippen molar-refractivity contribution in [2.75, 3.05) is 30.4 Å². The van der Waals surface area contributed by atoms with E-state index in [1.54, 1.807) is 19.2 Å². The van der Waals surface area contributed by atoms with Crippen molar-refractivity contribution in [3.63, 3.8) is 0 Å². The fraction of sp³-hybridized carbons (Fsp3) is 0.353. The van der Waals surface area contributed by atoms with Gasteiger partial charge in [-0.2, -0.15) is 5.26 Å². The zero-order valence-electron chi connectivity index (χ0n) is 13.4. The van der Waals surface area contributed by atoms with E-state index in [4.69, 9.17) is 10.00 Å². The summed E-state index contributed by atoms with van der Waals surface area (Å²) in [5.74, 6) is 0.879.